The molecule has 164 valence electrons. The number of anilines is 2. The lowest BCUT2D eigenvalue weighted by atomic mass is 10.1. The summed E-state index contributed by atoms with van der Waals surface area (Å²) in [5.41, 5.74) is 4.14. The molecule has 3 heterocycles. The van der Waals surface area contributed by atoms with E-state index in [9.17, 15) is 14.4 Å². The maximum absolute atomic E-state index is 12.7. The Hall–Kier alpha value is -3.13. The van der Waals surface area contributed by atoms with Crippen molar-refractivity contribution in [3.05, 3.63) is 46.8 Å². The molecule has 8 nitrogen and oxygen atoms in total. The Kier molecular flexibility index (Phi) is 5.82. The molecule has 0 saturated carbocycles. The molecule has 1 atom stereocenters. The Morgan fingerprint density at radius 3 is 2.81 bits per heavy atom. The number of ether oxygens (including phenoxy) is 2. The number of methoxy groups -OCH3 is 1. The summed E-state index contributed by atoms with van der Waals surface area (Å²) in [4.78, 5) is 39.6. The first-order valence-corrected chi connectivity index (χ1v) is 10.5. The number of nitrogens with one attached hydrogen (secondary N) is 1. The van der Waals surface area contributed by atoms with Crippen LogP contribution in [0.1, 0.15) is 44.9 Å². The van der Waals surface area contributed by atoms with Gasteiger partial charge in [-0.15, -0.1) is 0 Å². The third-order valence-corrected chi connectivity index (χ3v) is 6.08. The molecule has 8 heteroatoms. The second-order valence-electron chi connectivity index (χ2n) is 8.00. The van der Waals surface area contributed by atoms with Crippen molar-refractivity contribution in [3.8, 4) is 0 Å². The lowest BCUT2D eigenvalue weighted by Gasteiger charge is -2.33. The van der Waals surface area contributed by atoms with Gasteiger partial charge < -0.3 is 24.3 Å². The first kappa shape index (κ1) is 21.1. The summed E-state index contributed by atoms with van der Waals surface area (Å²) in [6, 6.07) is 6.79. The van der Waals surface area contributed by atoms with Crippen LogP contribution in [0.15, 0.2) is 24.3 Å². The number of hydrogen-bond donors (Lipinski definition) is 1. The van der Waals surface area contributed by atoms with Crippen molar-refractivity contribution in [1.29, 1.82) is 0 Å². The predicted molar refractivity (Wildman–Crippen MR) is 116 cm³/mol. The van der Waals surface area contributed by atoms with Crippen LogP contribution >= 0.6 is 0 Å². The number of benzene rings is 1. The van der Waals surface area contributed by atoms with E-state index in [-0.39, 0.29) is 24.3 Å². The molecule has 1 saturated heterocycles. The summed E-state index contributed by atoms with van der Waals surface area (Å²) in [6.45, 7) is 5.48. The molecular formula is C23H27N3O5. The average Bonchev–Trinajstić information content (AvgIpc) is 3.36. The summed E-state index contributed by atoms with van der Waals surface area (Å²) in [7, 11) is 1.63. The number of carbonyl (C=O) groups is 3. The van der Waals surface area contributed by atoms with E-state index < -0.39 is 5.97 Å². The van der Waals surface area contributed by atoms with E-state index in [4.69, 9.17) is 9.47 Å². The highest BCUT2D eigenvalue weighted by Crippen LogP contribution is 2.37. The van der Waals surface area contributed by atoms with Gasteiger partial charge in [0.1, 0.15) is 6.04 Å². The zero-order valence-electron chi connectivity index (χ0n) is 18.1. The molecule has 0 unspecified atom stereocenters. The maximum atomic E-state index is 12.7. The number of aromatic nitrogens is 1. The van der Waals surface area contributed by atoms with Crippen LogP contribution in [0.2, 0.25) is 0 Å². The lowest BCUT2D eigenvalue weighted by Crippen LogP contribution is -2.43. The molecule has 2 aromatic rings. The van der Waals surface area contributed by atoms with E-state index in [1.54, 1.807) is 19.2 Å². The van der Waals surface area contributed by atoms with Gasteiger partial charge in [-0.2, -0.15) is 0 Å². The van der Waals surface area contributed by atoms with Crippen LogP contribution in [-0.2, 0) is 20.8 Å². The van der Waals surface area contributed by atoms with Crippen LogP contribution in [0.4, 0.5) is 11.4 Å². The van der Waals surface area contributed by atoms with E-state index in [2.05, 4.69) is 10.2 Å². The van der Waals surface area contributed by atoms with Crippen molar-refractivity contribution in [2.24, 2.45) is 0 Å². The van der Waals surface area contributed by atoms with Crippen molar-refractivity contribution in [2.45, 2.75) is 39.3 Å². The second kappa shape index (κ2) is 8.55. The molecule has 0 radical (unpaired) electrons. The molecule has 1 aromatic heterocycles. The first-order valence-electron chi connectivity index (χ1n) is 10.5. The molecule has 2 aliphatic heterocycles. The van der Waals surface area contributed by atoms with Gasteiger partial charge in [0, 0.05) is 37.2 Å². The molecule has 1 aromatic carbocycles. The summed E-state index contributed by atoms with van der Waals surface area (Å²) >= 11 is 0. The van der Waals surface area contributed by atoms with Crippen molar-refractivity contribution in [1.82, 2.24) is 4.57 Å². The Bertz CT molecular complexity index is 1040. The SMILES string of the molecule is COCCn1c(C)cc(C(=O)COC(=O)c2ccc3c(c2)NC(=O)[C@@H]2CCCN32)c1C. The lowest BCUT2D eigenvalue weighted by molar-refractivity contribution is -0.117. The minimum absolute atomic E-state index is 0.0467. The number of amides is 1. The Morgan fingerprint density at radius 1 is 1.23 bits per heavy atom. The van der Waals surface area contributed by atoms with E-state index in [1.807, 2.05) is 30.5 Å². The Labute approximate surface area is 181 Å². The van der Waals surface area contributed by atoms with Crippen molar-refractivity contribution in [2.75, 3.05) is 37.1 Å². The normalized spacial score (nSPS) is 17.2. The monoisotopic (exact) mass is 425 g/mol. The van der Waals surface area contributed by atoms with Gasteiger partial charge in [-0.1, -0.05) is 0 Å². The first-order chi connectivity index (χ1) is 14.9. The number of carbonyl (C=O) groups excluding carboxylic acids is 3. The quantitative estimate of drug-likeness (QED) is 0.542. The number of rotatable bonds is 7. The van der Waals surface area contributed by atoms with Crippen LogP contribution in [0.5, 0.6) is 0 Å². The second-order valence-corrected chi connectivity index (χ2v) is 8.00. The largest absolute Gasteiger partial charge is 0.454 e. The number of ketones is 1. The fourth-order valence-corrected chi connectivity index (χ4v) is 4.46. The molecule has 0 aliphatic carbocycles. The fraction of sp³-hybridized carbons (Fsp3) is 0.435. The van der Waals surface area contributed by atoms with Gasteiger partial charge in [0.05, 0.1) is 23.5 Å². The number of Topliss-reactive ketones (excluding diaryl/α,β-unsaturated/α-hetero) is 1. The summed E-state index contributed by atoms with van der Waals surface area (Å²) in [5.74, 6) is -0.895. The zero-order chi connectivity index (χ0) is 22.1. The molecule has 0 bridgehead atoms. The number of nitrogens with zero attached hydrogens (tertiary/aromatic N) is 2. The van der Waals surface area contributed by atoms with E-state index in [1.165, 1.54) is 0 Å². The number of esters is 1. The van der Waals surface area contributed by atoms with Gasteiger partial charge in [0.2, 0.25) is 11.7 Å². The van der Waals surface area contributed by atoms with E-state index in [0.717, 1.165) is 36.5 Å². The van der Waals surface area contributed by atoms with Gasteiger partial charge in [-0.05, 0) is 51.0 Å². The van der Waals surface area contributed by atoms with Crippen LogP contribution in [0.3, 0.4) is 0 Å². The van der Waals surface area contributed by atoms with Crippen molar-refractivity contribution >= 4 is 29.0 Å². The Balaban J connectivity index is 1.43. The number of hydrogen-bond acceptors (Lipinski definition) is 6. The van der Waals surface area contributed by atoms with E-state index in [0.29, 0.717) is 30.0 Å². The van der Waals surface area contributed by atoms with Gasteiger partial charge in [-0.25, -0.2) is 4.79 Å². The fourth-order valence-electron chi connectivity index (χ4n) is 4.46. The third-order valence-electron chi connectivity index (χ3n) is 6.08. The predicted octanol–water partition coefficient (Wildman–Crippen LogP) is 2.71. The Morgan fingerprint density at radius 2 is 2.03 bits per heavy atom. The van der Waals surface area contributed by atoms with Crippen LogP contribution < -0.4 is 10.2 Å². The zero-order valence-corrected chi connectivity index (χ0v) is 18.1. The molecule has 2 aliphatic rings. The van der Waals surface area contributed by atoms with Crippen LogP contribution in [-0.4, -0.2) is 55.1 Å². The molecule has 4 rings (SSSR count). The van der Waals surface area contributed by atoms with Gasteiger partial charge in [0.15, 0.2) is 6.61 Å². The molecule has 1 N–H and O–H groups in total. The van der Waals surface area contributed by atoms with Crippen LogP contribution in [0, 0.1) is 13.8 Å². The summed E-state index contributed by atoms with van der Waals surface area (Å²) in [5, 5.41) is 2.88. The standard InChI is InChI=1S/C23H27N3O5/c1-14-11-17(15(2)25(14)9-10-30-3)21(27)13-31-23(29)16-6-7-19-18(12-16)24-22(28)20-5-4-8-26(19)20/h6-7,11-12,20H,4-5,8-10,13H2,1-3H3,(H,24,28)/t20-/m0/s1. The highest BCUT2D eigenvalue weighted by molar-refractivity contribution is 6.06. The molecule has 0 spiro atoms. The minimum atomic E-state index is -0.595. The maximum Gasteiger partial charge on any atom is 0.338 e. The highest BCUT2D eigenvalue weighted by Gasteiger charge is 2.36. The van der Waals surface area contributed by atoms with Crippen LogP contribution in [0.25, 0.3) is 0 Å². The van der Waals surface area contributed by atoms with Gasteiger partial charge >= 0.3 is 5.97 Å². The van der Waals surface area contributed by atoms with Gasteiger partial charge in [0.25, 0.3) is 0 Å². The van der Waals surface area contributed by atoms with Crippen molar-refractivity contribution < 1.29 is 23.9 Å². The van der Waals surface area contributed by atoms with Gasteiger partial charge in [-0.3, -0.25) is 9.59 Å². The number of aryl methyl sites for hydroxylation is 1. The molecule has 1 amide bonds. The number of fused-ring (bicyclic) bond motifs is 3. The molecule has 31 heavy (non-hydrogen) atoms. The highest BCUT2D eigenvalue weighted by atomic mass is 16.5. The topological polar surface area (TPSA) is 89.9 Å². The molecule has 1 fully saturated rings. The minimum Gasteiger partial charge on any atom is -0.454 e. The summed E-state index contributed by atoms with van der Waals surface area (Å²) < 4.78 is 12.4. The van der Waals surface area contributed by atoms with E-state index >= 15 is 0 Å². The van der Waals surface area contributed by atoms with Crippen molar-refractivity contribution in [3.63, 3.8) is 0 Å². The smallest absolute Gasteiger partial charge is 0.338 e. The molecular weight excluding hydrogens is 398 g/mol. The average molecular weight is 425 g/mol. The third kappa shape index (κ3) is 3.95. The summed E-state index contributed by atoms with van der Waals surface area (Å²) in [6.07, 6.45) is 1.80.